The van der Waals surface area contributed by atoms with E-state index >= 15 is 0 Å². The highest BCUT2D eigenvalue weighted by Crippen LogP contribution is 2.07. The van der Waals surface area contributed by atoms with Crippen molar-refractivity contribution in [3.63, 3.8) is 0 Å². The average Bonchev–Trinajstić information content (AvgIpc) is 2.43. The van der Waals surface area contributed by atoms with Crippen molar-refractivity contribution in [2.45, 2.75) is 13.5 Å². The summed E-state index contributed by atoms with van der Waals surface area (Å²) in [6.45, 7) is 2.72. The van der Waals surface area contributed by atoms with E-state index < -0.39 is 0 Å². The number of hydrogen-bond donors (Lipinski definition) is 2. The SMILES string of the molecule is Cc1ccc(NC(=O)NCCn2cnccc2=O)cc1. The molecule has 0 aliphatic carbocycles. The van der Waals surface area contributed by atoms with Gasteiger partial charge in [0, 0.05) is 31.0 Å². The fourth-order valence-corrected chi connectivity index (χ4v) is 1.65. The molecule has 0 saturated carbocycles. The van der Waals surface area contributed by atoms with Crippen molar-refractivity contribution in [1.82, 2.24) is 14.9 Å². The van der Waals surface area contributed by atoms with Crippen LogP contribution in [0.2, 0.25) is 0 Å². The molecule has 20 heavy (non-hydrogen) atoms. The number of carbonyl (C=O) groups excluding carboxylic acids is 1. The number of anilines is 1. The van der Waals surface area contributed by atoms with Crippen LogP contribution in [0.5, 0.6) is 0 Å². The van der Waals surface area contributed by atoms with Crippen LogP contribution < -0.4 is 16.2 Å². The summed E-state index contributed by atoms with van der Waals surface area (Å²) in [5, 5.41) is 5.40. The summed E-state index contributed by atoms with van der Waals surface area (Å²) in [6, 6.07) is 8.59. The molecule has 2 rings (SSSR count). The van der Waals surface area contributed by atoms with Crippen LogP contribution in [0.25, 0.3) is 0 Å². The van der Waals surface area contributed by atoms with Gasteiger partial charge >= 0.3 is 6.03 Å². The van der Waals surface area contributed by atoms with Gasteiger partial charge in [-0.05, 0) is 19.1 Å². The monoisotopic (exact) mass is 272 g/mol. The molecule has 2 amide bonds. The highest BCUT2D eigenvalue weighted by atomic mass is 16.2. The van der Waals surface area contributed by atoms with Crippen LogP contribution >= 0.6 is 0 Å². The number of nitrogens with zero attached hydrogens (tertiary/aromatic N) is 2. The standard InChI is InChI=1S/C14H16N4O2/c1-11-2-4-12(5-3-11)17-14(20)16-8-9-18-10-15-7-6-13(18)19/h2-7,10H,8-9H2,1H3,(H2,16,17,20). The van der Waals surface area contributed by atoms with Gasteiger partial charge in [-0.15, -0.1) is 0 Å². The second-order valence-electron chi connectivity index (χ2n) is 4.36. The Balaban J connectivity index is 1.80. The molecular weight excluding hydrogens is 256 g/mol. The Kier molecular flexibility index (Phi) is 4.49. The van der Waals surface area contributed by atoms with Crippen LogP contribution in [-0.2, 0) is 6.54 Å². The first-order valence-electron chi connectivity index (χ1n) is 6.27. The third-order valence-corrected chi connectivity index (χ3v) is 2.74. The summed E-state index contributed by atoms with van der Waals surface area (Å²) in [6.07, 6.45) is 2.89. The molecule has 1 aromatic heterocycles. The van der Waals surface area contributed by atoms with Crippen molar-refractivity contribution >= 4 is 11.7 Å². The molecule has 6 nitrogen and oxygen atoms in total. The lowest BCUT2D eigenvalue weighted by Gasteiger charge is -2.08. The maximum atomic E-state index is 11.6. The zero-order valence-electron chi connectivity index (χ0n) is 11.2. The second kappa shape index (κ2) is 6.51. The van der Waals surface area contributed by atoms with Crippen molar-refractivity contribution in [1.29, 1.82) is 0 Å². The number of urea groups is 1. The third kappa shape index (κ3) is 3.94. The highest BCUT2D eigenvalue weighted by Gasteiger charge is 2.01. The molecular formula is C14H16N4O2. The van der Waals surface area contributed by atoms with E-state index in [4.69, 9.17) is 0 Å². The quantitative estimate of drug-likeness (QED) is 0.882. The Morgan fingerprint density at radius 1 is 1.25 bits per heavy atom. The van der Waals surface area contributed by atoms with Gasteiger partial charge in [0.05, 0.1) is 6.33 Å². The molecule has 104 valence electrons. The molecule has 0 radical (unpaired) electrons. The second-order valence-corrected chi connectivity index (χ2v) is 4.36. The molecule has 0 bridgehead atoms. The van der Waals surface area contributed by atoms with E-state index in [-0.39, 0.29) is 11.6 Å². The number of nitrogens with one attached hydrogen (secondary N) is 2. The van der Waals surface area contributed by atoms with Crippen LogP contribution in [0.4, 0.5) is 10.5 Å². The van der Waals surface area contributed by atoms with E-state index in [2.05, 4.69) is 15.6 Å². The van der Waals surface area contributed by atoms with Gasteiger partial charge in [0.25, 0.3) is 5.56 Å². The van der Waals surface area contributed by atoms with Gasteiger partial charge in [0.2, 0.25) is 0 Å². The van der Waals surface area contributed by atoms with Gasteiger partial charge in [0.1, 0.15) is 0 Å². The maximum Gasteiger partial charge on any atom is 0.319 e. The van der Waals surface area contributed by atoms with Crippen molar-refractivity contribution < 1.29 is 4.79 Å². The van der Waals surface area contributed by atoms with E-state index in [1.165, 1.54) is 23.2 Å². The summed E-state index contributed by atoms with van der Waals surface area (Å²) >= 11 is 0. The van der Waals surface area contributed by atoms with Gasteiger partial charge in [0.15, 0.2) is 0 Å². The minimum Gasteiger partial charge on any atom is -0.336 e. The van der Waals surface area contributed by atoms with Gasteiger partial charge in [-0.3, -0.25) is 9.36 Å². The minimum absolute atomic E-state index is 0.138. The first-order valence-corrected chi connectivity index (χ1v) is 6.27. The molecule has 0 aliphatic rings. The molecule has 0 atom stereocenters. The van der Waals surface area contributed by atoms with Crippen molar-refractivity contribution in [2.24, 2.45) is 0 Å². The average molecular weight is 272 g/mol. The van der Waals surface area contributed by atoms with Crippen LogP contribution in [0, 0.1) is 6.92 Å². The van der Waals surface area contributed by atoms with Gasteiger partial charge in [-0.2, -0.15) is 0 Å². The molecule has 1 heterocycles. The van der Waals surface area contributed by atoms with Crippen LogP contribution in [0.15, 0.2) is 47.7 Å². The van der Waals surface area contributed by atoms with E-state index in [0.29, 0.717) is 13.1 Å². The largest absolute Gasteiger partial charge is 0.336 e. The van der Waals surface area contributed by atoms with Gasteiger partial charge in [-0.1, -0.05) is 17.7 Å². The number of hydrogen-bond acceptors (Lipinski definition) is 3. The maximum absolute atomic E-state index is 11.6. The Morgan fingerprint density at radius 3 is 2.70 bits per heavy atom. The molecule has 0 fully saturated rings. The number of benzene rings is 1. The highest BCUT2D eigenvalue weighted by molar-refractivity contribution is 5.89. The molecule has 2 N–H and O–H groups in total. The summed E-state index contributed by atoms with van der Waals surface area (Å²) in [5.74, 6) is 0. The lowest BCUT2D eigenvalue weighted by atomic mass is 10.2. The number of amides is 2. The first-order chi connectivity index (χ1) is 9.65. The molecule has 0 unspecified atom stereocenters. The van der Waals surface area contributed by atoms with Crippen LogP contribution in [0.1, 0.15) is 5.56 Å². The van der Waals surface area contributed by atoms with Crippen LogP contribution in [0.3, 0.4) is 0 Å². The van der Waals surface area contributed by atoms with Crippen molar-refractivity contribution in [3.8, 4) is 0 Å². The Labute approximate surface area is 116 Å². The predicted octanol–water partition coefficient (Wildman–Crippen LogP) is 1.37. The zero-order chi connectivity index (χ0) is 14.4. The Morgan fingerprint density at radius 2 is 2.00 bits per heavy atom. The van der Waals surface area contributed by atoms with Crippen molar-refractivity contribution in [2.75, 3.05) is 11.9 Å². The number of rotatable bonds is 4. The molecule has 6 heteroatoms. The topological polar surface area (TPSA) is 76.0 Å². The summed E-state index contributed by atoms with van der Waals surface area (Å²) < 4.78 is 1.44. The van der Waals surface area contributed by atoms with E-state index in [0.717, 1.165) is 11.3 Å². The molecule has 0 spiro atoms. The summed E-state index contributed by atoms with van der Waals surface area (Å²) in [7, 11) is 0. The predicted molar refractivity (Wildman–Crippen MR) is 76.7 cm³/mol. The van der Waals surface area contributed by atoms with Gasteiger partial charge in [-0.25, -0.2) is 9.78 Å². The fourth-order valence-electron chi connectivity index (χ4n) is 1.65. The molecule has 0 aliphatic heterocycles. The summed E-state index contributed by atoms with van der Waals surface area (Å²) in [5.41, 5.74) is 1.72. The Bertz CT molecular complexity index is 634. The van der Waals surface area contributed by atoms with E-state index in [1.54, 1.807) is 0 Å². The first kappa shape index (κ1) is 13.8. The van der Waals surface area contributed by atoms with Crippen LogP contribution in [-0.4, -0.2) is 22.1 Å². The summed E-state index contributed by atoms with van der Waals surface area (Å²) in [4.78, 5) is 26.9. The lowest BCUT2D eigenvalue weighted by Crippen LogP contribution is -2.33. The fraction of sp³-hybridized carbons (Fsp3) is 0.214. The van der Waals surface area contributed by atoms with E-state index in [9.17, 15) is 9.59 Å². The van der Waals surface area contributed by atoms with Crippen molar-refractivity contribution in [3.05, 3.63) is 58.8 Å². The number of carbonyl (C=O) groups is 1. The zero-order valence-corrected chi connectivity index (χ0v) is 11.2. The lowest BCUT2D eigenvalue weighted by molar-refractivity contribution is 0.251. The molecule has 2 aromatic rings. The Hall–Kier alpha value is -2.63. The third-order valence-electron chi connectivity index (χ3n) is 2.74. The molecule has 1 aromatic carbocycles. The normalized spacial score (nSPS) is 10.1. The molecule has 0 saturated heterocycles. The minimum atomic E-state index is -0.300. The van der Waals surface area contributed by atoms with Gasteiger partial charge < -0.3 is 10.6 Å². The van der Waals surface area contributed by atoms with E-state index in [1.807, 2.05) is 31.2 Å². The smallest absolute Gasteiger partial charge is 0.319 e. The number of aryl methyl sites for hydroxylation is 1. The number of aromatic nitrogens is 2.